The minimum absolute atomic E-state index is 0.266. The van der Waals surface area contributed by atoms with Crippen LogP contribution in [0.5, 0.6) is 0 Å². The number of nitrogens with one attached hydrogen (secondary N) is 1. The topological polar surface area (TPSA) is 43.0 Å². The standard InChI is InChI=1S/C14H21N3OS/c1-10(14-8-16-17(3)11(14)2)15-7-12-5-6-13(18-12)9-19-4/h5-6,8,10,15H,7,9H2,1-4H3. The summed E-state index contributed by atoms with van der Waals surface area (Å²) in [5.74, 6) is 2.95. The first-order valence-electron chi connectivity index (χ1n) is 6.40. The van der Waals surface area contributed by atoms with Crippen molar-refractivity contribution in [3.05, 3.63) is 41.1 Å². The van der Waals surface area contributed by atoms with E-state index in [-0.39, 0.29) is 6.04 Å². The minimum Gasteiger partial charge on any atom is -0.464 e. The van der Waals surface area contributed by atoms with Gasteiger partial charge in [-0.15, -0.1) is 0 Å². The van der Waals surface area contributed by atoms with Gasteiger partial charge in [0.05, 0.1) is 18.5 Å². The van der Waals surface area contributed by atoms with Crippen LogP contribution in [0.3, 0.4) is 0 Å². The second kappa shape index (κ2) is 6.30. The Kier molecular flexibility index (Phi) is 4.71. The maximum atomic E-state index is 5.74. The lowest BCUT2D eigenvalue weighted by Gasteiger charge is -2.12. The molecule has 104 valence electrons. The first-order valence-corrected chi connectivity index (χ1v) is 7.79. The van der Waals surface area contributed by atoms with Crippen LogP contribution in [-0.4, -0.2) is 16.0 Å². The van der Waals surface area contributed by atoms with Crippen LogP contribution in [0.15, 0.2) is 22.7 Å². The monoisotopic (exact) mass is 279 g/mol. The van der Waals surface area contributed by atoms with Gasteiger partial charge in [0, 0.05) is 24.3 Å². The van der Waals surface area contributed by atoms with E-state index in [2.05, 4.69) is 30.5 Å². The van der Waals surface area contributed by atoms with Crippen LogP contribution in [0.4, 0.5) is 0 Å². The normalized spacial score (nSPS) is 12.8. The Morgan fingerprint density at radius 3 is 2.79 bits per heavy atom. The molecule has 2 aromatic heterocycles. The maximum absolute atomic E-state index is 5.74. The maximum Gasteiger partial charge on any atom is 0.118 e. The lowest BCUT2D eigenvalue weighted by Crippen LogP contribution is -2.18. The van der Waals surface area contributed by atoms with Crippen LogP contribution in [0.25, 0.3) is 0 Å². The van der Waals surface area contributed by atoms with Gasteiger partial charge in [0.25, 0.3) is 0 Å². The molecule has 0 aromatic carbocycles. The Labute approximate surface area is 118 Å². The summed E-state index contributed by atoms with van der Waals surface area (Å²) >= 11 is 1.77. The molecule has 0 aliphatic carbocycles. The number of thioether (sulfide) groups is 1. The van der Waals surface area contributed by atoms with Crippen molar-refractivity contribution < 1.29 is 4.42 Å². The Morgan fingerprint density at radius 2 is 2.16 bits per heavy atom. The first kappa shape index (κ1) is 14.2. The van der Waals surface area contributed by atoms with E-state index >= 15 is 0 Å². The summed E-state index contributed by atoms with van der Waals surface area (Å²) in [5.41, 5.74) is 2.43. The quantitative estimate of drug-likeness (QED) is 0.882. The van der Waals surface area contributed by atoms with E-state index in [0.29, 0.717) is 0 Å². The van der Waals surface area contributed by atoms with E-state index < -0.39 is 0 Å². The summed E-state index contributed by atoms with van der Waals surface area (Å²) in [7, 11) is 1.97. The van der Waals surface area contributed by atoms with Gasteiger partial charge in [0.2, 0.25) is 0 Å². The number of nitrogens with zero attached hydrogens (tertiary/aromatic N) is 2. The van der Waals surface area contributed by atoms with Crippen molar-refractivity contribution in [2.75, 3.05) is 6.26 Å². The van der Waals surface area contributed by atoms with Crippen molar-refractivity contribution in [1.29, 1.82) is 0 Å². The zero-order valence-electron chi connectivity index (χ0n) is 11.9. The molecular formula is C14H21N3OS. The van der Waals surface area contributed by atoms with Crippen LogP contribution in [0.1, 0.15) is 35.7 Å². The molecule has 19 heavy (non-hydrogen) atoms. The molecule has 1 N–H and O–H groups in total. The molecule has 2 heterocycles. The van der Waals surface area contributed by atoms with Crippen molar-refractivity contribution in [1.82, 2.24) is 15.1 Å². The third kappa shape index (κ3) is 3.42. The Balaban J connectivity index is 1.92. The van der Waals surface area contributed by atoms with Crippen LogP contribution >= 0.6 is 11.8 Å². The van der Waals surface area contributed by atoms with Crippen LogP contribution in [0.2, 0.25) is 0 Å². The molecule has 5 heteroatoms. The summed E-state index contributed by atoms with van der Waals surface area (Å²) in [4.78, 5) is 0. The average Bonchev–Trinajstić information content (AvgIpc) is 2.96. The number of rotatable bonds is 6. The third-order valence-corrected chi connectivity index (χ3v) is 3.90. The molecule has 0 radical (unpaired) electrons. The van der Waals surface area contributed by atoms with Crippen molar-refractivity contribution in [3.63, 3.8) is 0 Å². The summed E-state index contributed by atoms with van der Waals surface area (Å²) in [6, 6.07) is 4.36. The van der Waals surface area contributed by atoms with Gasteiger partial charge < -0.3 is 9.73 Å². The number of furan rings is 1. The number of hydrogen-bond donors (Lipinski definition) is 1. The lowest BCUT2D eigenvalue weighted by atomic mass is 10.1. The third-order valence-electron chi connectivity index (χ3n) is 3.33. The number of hydrogen-bond acceptors (Lipinski definition) is 4. The molecule has 2 rings (SSSR count). The first-order chi connectivity index (χ1) is 9.11. The highest BCUT2D eigenvalue weighted by Crippen LogP contribution is 2.18. The molecular weight excluding hydrogens is 258 g/mol. The average molecular weight is 279 g/mol. The van der Waals surface area contributed by atoms with Gasteiger partial charge in [-0.25, -0.2) is 0 Å². The van der Waals surface area contributed by atoms with Gasteiger partial charge in [-0.3, -0.25) is 4.68 Å². The van der Waals surface area contributed by atoms with E-state index in [0.717, 1.165) is 23.8 Å². The fraction of sp³-hybridized carbons (Fsp3) is 0.500. The molecule has 2 aromatic rings. The van der Waals surface area contributed by atoms with Gasteiger partial charge in [0.1, 0.15) is 11.5 Å². The van der Waals surface area contributed by atoms with Gasteiger partial charge in [-0.05, 0) is 32.2 Å². The molecule has 0 saturated heterocycles. The molecule has 0 bridgehead atoms. The second-order valence-corrected chi connectivity index (χ2v) is 5.58. The van der Waals surface area contributed by atoms with Crippen molar-refractivity contribution >= 4 is 11.8 Å². The fourth-order valence-corrected chi connectivity index (χ4v) is 2.48. The zero-order chi connectivity index (χ0) is 13.8. The van der Waals surface area contributed by atoms with E-state index in [1.807, 2.05) is 30.1 Å². The number of aryl methyl sites for hydroxylation is 1. The predicted octanol–water partition coefficient (Wildman–Crippen LogP) is 3.04. The van der Waals surface area contributed by atoms with Crippen molar-refractivity contribution in [3.8, 4) is 0 Å². The lowest BCUT2D eigenvalue weighted by molar-refractivity contribution is 0.442. The van der Waals surface area contributed by atoms with Gasteiger partial charge in [0.15, 0.2) is 0 Å². The van der Waals surface area contributed by atoms with Gasteiger partial charge in [-0.2, -0.15) is 16.9 Å². The Morgan fingerprint density at radius 1 is 1.42 bits per heavy atom. The van der Waals surface area contributed by atoms with Crippen LogP contribution in [0, 0.1) is 6.92 Å². The molecule has 0 aliphatic heterocycles. The van der Waals surface area contributed by atoms with Gasteiger partial charge in [-0.1, -0.05) is 0 Å². The van der Waals surface area contributed by atoms with Crippen molar-refractivity contribution in [2.45, 2.75) is 32.2 Å². The minimum atomic E-state index is 0.266. The SMILES string of the molecule is CSCc1ccc(CNC(C)c2cnn(C)c2C)o1. The molecule has 0 saturated carbocycles. The summed E-state index contributed by atoms with van der Waals surface area (Å²) in [6.07, 6.45) is 4.00. The summed E-state index contributed by atoms with van der Waals surface area (Å²) in [6.45, 7) is 4.98. The molecule has 1 unspecified atom stereocenters. The highest BCUT2D eigenvalue weighted by atomic mass is 32.2. The highest BCUT2D eigenvalue weighted by Gasteiger charge is 2.12. The molecule has 4 nitrogen and oxygen atoms in total. The van der Waals surface area contributed by atoms with E-state index in [9.17, 15) is 0 Å². The number of aromatic nitrogens is 2. The highest BCUT2D eigenvalue weighted by molar-refractivity contribution is 7.97. The van der Waals surface area contributed by atoms with E-state index in [4.69, 9.17) is 4.42 Å². The summed E-state index contributed by atoms with van der Waals surface area (Å²) in [5, 5.41) is 7.74. The van der Waals surface area contributed by atoms with Crippen LogP contribution in [-0.2, 0) is 19.3 Å². The Bertz CT molecular complexity index is 533. The smallest absolute Gasteiger partial charge is 0.118 e. The fourth-order valence-electron chi connectivity index (χ4n) is 2.04. The van der Waals surface area contributed by atoms with Crippen LogP contribution < -0.4 is 5.32 Å². The second-order valence-electron chi connectivity index (χ2n) is 4.71. The molecule has 0 fully saturated rings. The van der Waals surface area contributed by atoms with E-state index in [1.165, 1.54) is 11.3 Å². The summed E-state index contributed by atoms with van der Waals surface area (Å²) < 4.78 is 7.64. The molecule has 1 atom stereocenters. The van der Waals surface area contributed by atoms with Gasteiger partial charge >= 0.3 is 0 Å². The molecule has 0 amide bonds. The predicted molar refractivity (Wildman–Crippen MR) is 79.1 cm³/mol. The van der Waals surface area contributed by atoms with E-state index in [1.54, 1.807) is 11.8 Å². The molecule has 0 spiro atoms. The van der Waals surface area contributed by atoms with Crippen molar-refractivity contribution in [2.24, 2.45) is 7.05 Å². The Hall–Kier alpha value is -1.20. The molecule has 0 aliphatic rings. The largest absolute Gasteiger partial charge is 0.464 e. The zero-order valence-corrected chi connectivity index (χ0v) is 12.8.